The molecule has 0 bridgehead atoms. The van der Waals surface area contributed by atoms with Crippen molar-refractivity contribution >= 4 is 23.3 Å². The second-order valence-corrected chi connectivity index (χ2v) is 4.52. The summed E-state index contributed by atoms with van der Waals surface area (Å²) in [5.74, 6) is -0.227. The van der Waals surface area contributed by atoms with Gasteiger partial charge in [-0.3, -0.25) is 0 Å². The molecule has 0 saturated heterocycles. The topological polar surface area (TPSA) is 38.3 Å². The molecule has 1 N–H and O–H groups in total. The first-order chi connectivity index (χ1) is 8.59. The molecule has 0 radical (unpaired) electrons. The number of rotatable bonds is 6. The lowest BCUT2D eigenvalue weighted by Crippen LogP contribution is -2.46. The van der Waals surface area contributed by atoms with Gasteiger partial charge in [-0.05, 0) is 31.9 Å². The van der Waals surface area contributed by atoms with Gasteiger partial charge in [-0.25, -0.2) is 4.79 Å². The number of ether oxygens (including phenoxy) is 1. The maximum Gasteiger partial charge on any atom is 0.331 e. The average molecular weight is 270 g/mol. The Balaban J connectivity index is 2.99. The van der Waals surface area contributed by atoms with Crippen LogP contribution in [0.4, 0.5) is 5.69 Å². The molecule has 0 aliphatic rings. The molecule has 18 heavy (non-hydrogen) atoms. The van der Waals surface area contributed by atoms with Gasteiger partial charge in [0.25, 0.3) is 0 Å². The van der Waals surface area contributed by atoms with Crippen LogP contribution in [-0.4, -0.2) is 18.1 Å². The van der Waals surface area contributed by atoms with Gasteiger partial charge in [-0.1, -0.05) is 37.6 Å². The van der Waals surface area contributed by atoms with Gasteiger partial charge < -0.3 is 10.1 Å². The van der Waals surface area contributed by atoms with Crippen LogP contribution in [0.5, 0.6) is 0 Å². The Morgan fingerprint density at radius 1 is 1.28 bits per heavy atom. The van der Waals surface area contributed by atoms with E-state index >= 15 is 0 Å². The van der Waals surface area contributed by atoms with Gasteiger partial charge in [-0.2, -0.15) is 0 Å². The fourth-order valence-corrected chi connectivity index (χ4v) is 2.04. The van der Waals surface area contributed by atoms with E-state index in [1.165, 1.54) is 0 Å². The number of para-hydroxylation sites is 1. The van der Waals surface area contributed by atoms with Crippen LogP contribution in [0.2, 0.25) is 5.02 Å². The van der Waals surface area contributed by atoms with E-state index in [0.717, 1.165) is 5.69 Å². The second kappa shape index (κ2) is 6.64. The fraction of sp³-hybridized carbons (Fsp3) is 0.500. The van der Waals surface area contributed by atoms with Crippen molar-refractivity contribution in [2.45, 2.75) is 39.2 Å². The SMILES string of the molecule is CCOC(=O)C(CC)(CC)Nc1ccccc1Cl. The van der Waals surface area contributed by atoms with Crippen LogP contribution in [-0.2, 0) is 9.53 Å². The predicted molar refractivity (Wildman–Crippen MR) is 75.0 cm³/mol. The highest BCUT2D eigenvalue weighted by atomic mass is 35.5. The van der Waals surface area contributed by atoms with Gasteiger partial charge in [-0.15, -0.1) is 0 Å². The van der Waals surface area contributed by atoms with Crippen LogP contribution < -0.4 is 5.32 Å². The normalized spacial score (nSPS) is 11.1. The summed E-state index contributed by atoms with van der Waals surface area (Å²) in [6.07, 6.45) is 1.29. The Hall–Kier alpha value is -1.22. The van der Waals surface area contributed by atoms with Crippen LogP contribution in [0, 0.1) is 0 Å². The molecule has 4 heteroatoms. The van der Waals surface area contributed by atoms with Gasteiger partial charge in [0.05, 0.1) is 17.3 Å². The van der Waals surface area contributed by atoms with Gasteiger partial charge in [0.1, 0.15) is 5.54 Å². The number of carbonyl (C=O) groups is 1. The van der Waals surface area contributed by atoms with Gasteiger partial charge in [0.2, 0.25) is 0 Å². The summed E-state index contributed by atoms with van der Waals surface area (Å²) < 4.78 is 5.16. The van der Waals surface area contributed by atoms with Crippen LogP contribution >= 0.6 is 11.6 Å². The lowest BCUT2D eigenvalue weighted by Gasteiger charge is -2.31. The maximum atomic E-state index is 12.1. The maximum absolute atomic E-state index is 12.1. The zero-order chi connectivity index (χ0) is 13.6. The van der Waals surface area contributed by atoms with Gasteiger partial charge in [0.15, 0.2) is 0 Å². The molecule has 1 aromatic carbocycles. The van der Waals surface area contributed by atoms with Crippen LogP contribution in [0.25, 0.3) is 0 Å². The van der Waals surface area contributed by atoms with E-state index < -0.39 is 5.54 Å². The molecule has 0 amide bonds. The Bertz CT molecular complexity index is 403. The first-order valence-electron chi connectivity index (χ1n) is 6.29. The molecule has 0 aliphatic carbocycles. The Morgan fingerprint density at radius 3 is 2.39 bits per heavy atom. The molecule has 1 rings (SSSR count). The van der Waals surface area contributed by atoms with Crippen molar-refractivity contribution in [1.29, 1.82) is 0 Å². The number of esters is 1. The zero-order valence-corrected chi connectivity index (χ0v) is 11.9. The van der Waals surface area contributed by atoms with Crippen LogP contribution in [0.3, 0.4) is 0 Å². The first-order valence-corrected chi connectivity index (χ1v) is 6.67. The molecule has 3 nitrogen and oxygen atoms in total. The molecule has 0 heterocycles. The second-order valence-electron chi connectivity index (χ2n) is 4.11. The number of halogens is 1. The molecule has 0 fully saturated rings. The number of nitrogens with one attached hydrogen (secondary N) is 1. The summed E-state index contributed by atoms with van der Waals surface area (Å²) in [7, 11) is 0. The smallest absolute Gasteiger partial charge is 0.331 e. The number of benzene rings is 1. The van der Waals surface area contributed by atoms with Crippen molar-refractivity contribution in [3.05, 3.63) is 29.3 Å². The third-order valence-electron chi connectivity index (χ3n) is 3.12. The highest BCUT2D eigenvalue weighted by Crippen LogP contribution is 2.28. The average Bonchev–Trinajstić information content (AvgIpc) is 2.38. The summed E-state index contributed by atoms with van der Waals surface area (Å²) in [5, 5.41) is 3.84. The minimum Gasteiger partial charge on any atom is -0.464 e. The van der Waals surface area contributed by atoms with E-state index in [0.29, 0.717) is 24.5 Å². The largest absolute Gasteiger partial charge is 0.464 e. The highest BCUT2D eigenvalue weighted by Gasteiger charge is 2.36. The molecule has 1 aromatic rings. The van der Waals surface area contributed by atoms with E-state index in [-0.39, 0.29) is 5.97 Å². The number of carbonyl (C=O) groups excluding carboxylic acids is 1. The van der Waals surface area contributed by atoms with E-state index in [1.54, 1.807) is 6.07 Å². The van der Waals surface area contributed by atoms with E-state index in [2.05, 4.69) is 5.32 Å². The van der Waals surface area contributed by atoms with Crippen molar-refractivity contribution in [2.75, 3.05) is 11.9 Å². The van der Waals surface area contributed by atoms with E-state index in [4.69, 9.17) is 16.3 Å². The highest BCUT2D eigenvalue weighted by molar-refractivity contribution is 6.33. The molecule has 100 valence electrons. The summed E-state index contributed by atoms with van der Waals surface area (Å²) in [4.78, 5) is 12.1. The quantitative estimate of drug-likeness (QED) is 0.797. The van der Waals surface area contributed by atoms with Crippen molar-refractivity contribution in [1.82, 2.24) is 0 Å². The fourth-order valence-electron chi connectivity index (χ4n) is 1.86. The van der Waals surface area contributed by atoms with Gasteiger partial charge in [0, 0.05) is 0 Å². The zero-order valence-electron chi connectivity index (χ0n) is 11.1. The molecule has 0 aliphatic heterocycles. The van der Waals surface area contributed by atoms with Crippen LogP contribution in [0.1, 0.15) is 33.6 Å². The molecule has 0 atom stereocenters. The third kappa shape index (κ3) is 3.16. The van der Waals surface area contributed by atoms with Crippen LogP contribution in [0.15, 0.2) is 24.3 Å². The predicted octanol–water partition coefficient (Wildman–Crippen LogP) is 3.87. The Labute approximate surface area is 113 Å². The number of hydrogen-bond acceptors (Lipinski definition) is 3. The van der Waals surface area contributed by atoms with E-state index in [9.17, 15) is 4.79 Å². The molecule has 0 aromatic heterocycles. The summed E-state index contributed by atoms with van der Waals surface area (Å²) in [6.45, 7) is 6.11. The first kappa shape index (κ1) is 14.8. The minimum atomic E-state index is -0.707. The molecular formula is C14H20ClNO2. The van der Waals surface area contributed by atoms with Crippen molar-refractivity contribution in [3.63, 3.8) is 0 Å². The van der Waals surface area contributed by atoms with Crippen molar-refractivity contribution in [3.8, 4) is 0 Å². The molecule has 0 saturated carbocycles. The molecular weight excluding hydrogens is 250 g/mol. The third-order valence-corrected chi connectivity index (χ3v) is 3.45. The van der Waals surface area contributed by atoms with Gasteiger partial charge >= 0.3 is 5.97 Å². The monoisotopic (exact) mass is 269 g/mol. The van der Waals surface area contributed by atoms with Crippen molar-refractivity contribution in [2.24, 2.45) is 0 Å². The summed E-state index contributed by atoms with van der Waals surface area (Å²) in [5.41, 5.74) is 0.0528. The Morgan fingerprint density at radius 2 is 1.89 bits per heavy atom. The standard InChI is InChI=1S/C14H20ClNO2/c1-4-14(5-2,13(17)18-6-3)16-12-10-8-7-9-11(12)15/h7-10,16H,4-6H2,1-3H3. The molecule has 0 spiro atoms. The summed E-state index contributed by atoms with van der Waals surface area (Å²) in [6, 6.07) is 7.40. The molecule has 0 unspecified atom stereocenters. The number of hydrogen-bond donors (Lipinski definition) is 1. The lowest BCUT2D eigenvalue weighted by atomic mass is 9.92. The lowest BCUT2D eigenvalue weighted by molar-refractivity contribution is -0.148. The summed E-state index contributed by atoms with van der Waals surface area (Å²) >= 11 is 6.11. The minimum absolute atomic E-state index is 0.227. The van der Waals surface area contributed by atoms with Crippen molar-refractivity contribution < 1.29 is 9.53 Å². The Kier molecular flexibility index (Phi) is 5.48. The van der Waals surface area contributed by atoms with E-state index in [1.807, 2.05) is 39.0 Å². The number of anilines is 1.